The van der Waals surface area contributed by atoms with Crippen molar-refractivity contribution in [2.24, 2.45) is 0 Å². The van der Waals surface area contributed by atoms with Gasteiger partial charge in [-0.15, -0.1) is 0 Å². The fourth-order valence-electron chi connectivity index (χ4n) is 3.89. The van der Waals surface area contributed by atoms with E-state index in [1.54, 1.807) is 18.2 Å². The zero-order valence-electron chi connectivity index (χ0n) is 23.1. The summed E-state index contributed by atoms with van der Waals surface area (Å²) in [6, 6.07) is 6.35. The van der Waals surface area contributed by atoms with Crippen molar-refractivity contribution in [2.75, 3.05) is 30.6 Å². The highest BCUT2D eigenvalue weighted by molar-refractivity contribution is 8.59. The van der Waals surface area contributed by atoms with Crippen molar-refractivity contribution in [3.05, 3.63) is 24.3 Å². The molecule has 1 aromatic rings. The number of unbranched alkanes of at least 4 members (excludes halogenated alkanes) is 7. The van der Waals surface area contributed by atoms with Crippen molar-refractivity contribution < 1.29 is 32.0 Å². The number of sulfonamides is 1. The molecule has 1 atom stereocenters. The number of hydrogen-bond donors (Lipinski definition) is 0. The summed E-state index contributed by atoms with van der Waals surface area (Å²) in [7, 11) is -1.52. The molecule has 38 heavy (non-hydrogen) atoms. The summed E-state index contributed by atoms with van der Waals surface area (Å²) >= 11 is 0.859. The van der Waals surface area contributed by atoms with Gasteiger partial charge in [-0.2, -0.15) is 4.08 Å². The van der Waals surface area contributed by atoms with E-state index in [-0.39, 0.29) is 18.0 Å². The fourth-order valence-corrected chi connectivity index (χ4v) is 12.7. The molecular formula is C26H43N2O7PS2. The van der Waals surface area contributed by atoms with Crippen LogP contribution in [0.1, 0.15) is 84.5 Å². The molecule has 0 radical (unpaired) electrons. The molecule has 1 fully saturated rings. The molecule has 1 amide bonds. The lowest BCUT2D eigenvalue weighted by Gasteiger charge is -2.37. The summed E-state index contributed by atoms with van der Waals surface area (Å²) in [6.07, 6.45) is 9.98. The number of para-hydroxylation sites is 2. The highest BCUT2D eigenvalue weighted by Gasteiger charge is 2.52. The maximum Gasteiger partial charge on any atom is 0.397 e. The molecule has 12 heteroatoms. The summed E-state index contributed by atoms with van der Waals surface area (Å²) in [4.78, 5) is 25.8. The number of rotatable bonds is 18. The molecule has 0 spiro atoms. The van der Waals surface area contributed by atoms with E-state index in [0.717, 1.165) is 39.4 Å². The molecule has 0 heterocycles. The minimum Gasteiger partial charge on any atom is -0.495 e. The SMILES string of the molecule is CCCCCCCCCCOC(=O)C(=O)N(C)P(=O)(SCCC)N(c1ccccc1OC)S(=O)(=O)C1CC1. The molecule has 1 aliphatic carbocycles. The van der Waals surface area contributed by atoms with Crippen LogP contribution in [0.5, 0.6) is 5.75 Å². The normalized spacial score (nSPS) is 14.9. The molecule has 0 aromatic heterocycles. The van der Waals surface area contributed by atoms with Crippen LogP contribution in [0.4, 0.5) is 5.69 Å². The quantitative estimate of drug-likeness (QED) is 0.0838. The number of esters is 1. The molecule has 216 valence electrons. The van der Waals surface area contributed by atoms with Gasteiger partial charge >= 0.3 is 18.5 Å². The second kappa shape index (κ2) is 15.8. The summed E-state index contributed by atoms with van der Waals surface area (Å²) < 4.78 is 54.1. The van der Waals surface area contributed by atoms with Gasteiger partial charge in [-0.25, -0.2) is 13.2 Å². The zero-order valence-corrected chi connectivity index (χ0v) is 25.6. The third-order valence-electron chi connectivity index (χ3n) is 6.25. The number of methoxy groups -OCH3 is 1. The average molecular weight is 591 g/mol. The van der Waals surface area contributed by atoms with E-state index >= 15 is 0 Å². The molecular weight excluding hydrogens is 547 g/mol. The van der Waals surface area contributed by atoms with Crippen LogP contribution in [0.25, 0.3) is 0 Å². The topological polar surface area (TPSA) is 110 Å². The van der Waals surface area contributed by atoms with Gasteiger partial charge in [-0.05, 0) is 37.8 Å². The third-order valence-corrected chi connectivity index (χ3v) is 15.2. The number of carbonyl (C=O) groups excluding carboxylic acids is 2. The molecule has 1 unspecified atom stereocenters. The minimum absolute atomic E-state index is 0.0702. The van der Waals surface area contributed by atoms with Gasteiger partial charge in [-0.1, -0.05) is 82.3 Å². The fraction of sp³-hybridized carbons (Fsp3) is 0.692. The Balaban J connectivity index is 2.20. The summed E-state index contributed by atoms with van der Waals surface area (Å²) in [5, 5.41) is -0.708. The second-order valence-electron chi connectivity index (χ2n) is 9.42. The lowest BCUT2D eigenvalue weighted by Crippen LogP contribution is -2.40. The van der Waals surface area contributed by atoms with Gasteiger partial charge in [0.1, 0.15) is 11.4 Å². The molecule has 0 bridgehead atoms. The van der Waals surface area contributed by atoms with Gasteiger partial charge in [0.25, 0.3) is 0 Å². The molecule has 1 aliphatic rings. The monoisotopic (exact) mass is 590 g/mol. The summed E-state index contributed by atoms with van der Waals surface area (Å²) in [5.41, 5.74) is 0.0702. The molecule has 2 rings (SSSR count). The van der Waals surface area contributed by atoms with E-state index < -0.39 is 33.8 Å². The van der Waals surface area contributed by atoms with Crippen molar-refractivity contribution in [1.29, 1.82) is 0 Å². The van der Waals surface area contributed by atoms with Gasteiger partial charge in [0.15, 0.2) is 0 Å². The smallest absolute Gasteiger partial charge is 0.397 e. The lowest BCUT2D eigenvalue weighted by molar-refractivity contribution is -0.157. The summed E-state index contributed by atoms with van der Waals surface area (Å²) in [5.74, 6) is -1.76. The van der Waals surface area contributed by atoms with E-state index in [2.05, 4.69) is 6.92 Å². The molecule has 0 saturated heterocycles. The van der Waals surface area contributed by atoms with Crippen LogP contribution >= 0.6 is 18.0 Å². The number of hydrogen-bond acceptors (Lipinski definition) is 8. The van der Waals surface area contributed by atoms with E-state index in [1.165, 1.54) is 45.9 Å². The van der Waals surface area contributed by atoms with Crippen LogP contribution in [0.3, 0.4) is 0 Å². The van der Waals surface area contributed by atoms with Crippen molar-refractivity contribution >= 4 is 45.6 Å². The van der Waals surface area contributed by atoms with Crippen molar-refractivity contribution in [1.82, 2.24) is 4.67 Å². The van der Waals surface area contributed by atoms with Crippen LogP contribution in [-0.4, -0.2) is 56.7 Å². The molecule has 1 aromatic carbocycles. The zero-order chi connectivity index (χ0) is 28.2. The number of anilines is 1. The highest BCUT2D eigenvalue weighted by Crippen LogP contribution is 2.68. The number of ether oxygens (including phenoxy) is 2. The number of likely N-dealkylation sites (N-methyl/N-ethyl adjacent to an activating group) is 1. The Hall–Kier alpha value is -1.71. The van der Waals surface area contributed by atoms with Gasteiger partial charge < -0.3 is 9.47 Å². The predicted molar refractivity (Wildman–Crippen MR) is 154 cm³/mol. The van der Waals surface area contributed by atoms with Crippen LogP contribution in [0.15, 0.2) is 24.3 Å². The Labute approximate surface area is 232 Å². The Morgan fingerprint density at radius 2 is 1.61 bits per heavy atom. The standard InChI is InChI=1S/C26H43N2O7PS2/c1-5-7-8-9-10-11-12-15-20-35-26(30)25(29)27(3)36(31,37-21-6-2)28(38(32,33)22-18-19-22)23-16-13-14-17-24(23)34-4/h13-14,16-17,22H,5-12,15,18-21H2,1-4H3. The van der Waals surface area contributed by atoms with Gasteiger partial charge in [0, 0.05) is 12.8 Å². The largest absolute Gasteiger partial charge is 0.495 e. The minimum atomic E-state index is -4.24. The van der Waals surface area contributed by atoms with Gasteiger partial charge in [0.2, 0.25) is 10.0 Å². The van der Waals surface area contributed by atoms with E-state index in [4.69, 9.17) is 9.47 Å². The molecule has 0 N–H and O–H groups in total. The second-order valence-corrected chi connectivity index (χ2v) is 16.6. The summed E-state index contributed by atoms with van der Waals surface area (Å²) in [6.45, 7) is -0.125. The van der Waals surface area contributed by atoms with E-state index in [0.29, 0.717) is 31.4 Å². The predicted octanol–water partition coefficient (Wildman–Crippen LogP) is 6.39. The van der Waals surface area contributed by atoms with Crippen molar-refractivity contribution in [3.8, 4) is 5.75 Å². The Bertz CT molecular complexity index is 1060. The third kappa shape index (κ3) is 8.65. The first-order valence-corrected chi connectivity index (χ1v) is 18.2. The van der Waals surface area contributed by atoms with Crippen molar-refractivity contribution in [2.45, 2.75) is 89.7 Å². The molecule has 9 nitrogen and oxygen atoms in total. The number of carbonyl (C=O) groups is 2. The van der Waals surface area contributed by atoms with E-state index in [1.807, 2.05) is 6.92 Å². The van der Waals surface area contributed by atoms with Gasteiger partial charge in [-0.3, -0.25) is 14.0 Å². The number of amides is 1. The van der Waals surface area contributed by atoms with Crippen LogP contribution in [-0.2, 0) is 28.9 Å². The Kier molecular flexibility index (Phi) is 13.5. The van der Waals surface area contributed by atoms with E-state index in [9.17, 15) is 22.6 Å². The maximum absolute atomic E-state index is 14.6. The van der Waals surface area contributed by atoms with Crippen LogP contribution < -0.4 is 8.81 Å². The van der Waals surface area contributed by atoms with Crippen LogP contribution in [0, 0.1) is 0 Å². The number of nitrogens with zero attached hydrogens (tertiary/aromatic N) is 2. The first-order chi connectivity index (χ1) is 18.1. The average Bonchev–Trinajstić information content (AvgIpc) is 3.77. The van der Waals surface area contributed by atoms with Gasteiger partial charge in [0.05, 0.1) is 19.0 Å². The lowest BCUT2D eigenvalue weighted by atomic mass is 10.1. The Morgan fingerprint density at radius 1 is 1.00 bits per heavy atom. The molecule has 1 saturated carbocycles. The highest BCUT2D eigenvalue weighted by atomic mass is 32.7. The maximum atomic E-state index is 14.6. The number of benzene rings is 1. The first kappa shape index (κ1) is 32.5. The molecule has 0 aliphatic heterocycles. The first-order valence-electron chi connectivity index (χ1n) is 13.5. The van der Waals surface area contributed by atoms with Crippen LogP contribution in [0.2, 0.25) is 0 Å². The van der Waals surface area contributed by atoms with Crippen molar-refractivity contribution in [3.63, 3.8) is 0 Å². The Morgan fingerprint density at radius 3 is 2.18 bits per heavy atom.